The van der Waals surface area contributed by atoms with Crippen molar-refractivity contribution >= 4 is 23.0 Å². The van der Waals surface area contributed by atoms with E-state index in [9.17, 15) is 13.2 Å². The Morgan fingerprint density at radius 2 is 2.10 bits per heavy atom. The summed E-state index contributed by atoms with van der Waals surface area (Å²) in [7, 11) is 0. The third-order valence-corrected chi connectivity index (χ3v) is 2.64. The van der Waals surface area contributed by atoms with Crippen molar-refractivity contribution in [3.05, 3.63) is 41.7 Å². The molecule has 1 aromatic heterocycles. The first-order valence-corrected chi connectivity index (χ1v) is 5.97. The molecule has 0 fully saturated rings. The summed E-state index contributed by atoms with van der Waals surface area (Å²) in [5, 5.41) is 6.48. The molecule has 0 unspecified atom stereocenters. The Labute approximate surface area is 118 Å². The van der Waals surface area contributed by atoms with Gasteiger partial charge in [-0.05, 0) is 42.9 Å². The van der Waals surface area contributed by atoms with Gasteiger partial charge >= 0.3 is 6.18 Å². The van der Waals surface area contributed by atoms with Gasteiger partial charge in [0.1, 0.15) is 0 Å². The largest absolute Gasteiger partial charge is 0.416 e. The molecule has 20 heavy (non-hydrogen) atoms. The van der Waals surface area contributed by atoms with E-state index in [-0.39, 0.29) is 10.8 Å². The predicted molar refractivity (Wildman–Crippen MR) is 73.7 cm³/mol. The fourth-order valence-electron chi connectivity index (χ4n) is 1.69. The molecule has 8 heteroatoms. The Hall–Kier alpha value is -2.09. The van der Waals surface area contributed by atoms with Crippen LogP contribution in [0.3, 0.4) is 0 Å². The molecule has 3 N–H and O–H groups in total. The highest BCUT2D eigenvalue weighted by atomic mass is 32.1. The third kappa shape index (κ3) is 3.08. The summed E-state index contributed by atoms with van der Waals surface area (Å²) in [5.41, 5.74) is 6.02. The number of nitrogens with two attached hydrogens (primary N) is 1. The molecule has 0 bridgehead atoms. The maximum Gasteiger partial charge on any atom is 0.416 e. The zero-order valence-corrected chi connectivity index (χ0v) is 11.2. The standard InChI is InChI=1S/C12H11F3N4S/c1-7-5-17-19(6-7)10-3-2-8(12(13,14)15)4-9(10)18-11(16)20/h2-6H,1H3,(H3,16,18,20). The molecule has 0 aliphatic rings. The van der Waals surface area contributed by atoms with Gasteiger partial charge in [0.25, 0.3) is 0 Å². The van der Waals surface area contributed by atoms with Crippen LogP contribution in [0, 0.1) is 6.92 Å². The summed E-state index contributed by atoms with van der Waals surface area (Å²) in [6.45, 7) is 1.83. The first-order valence-electron chi connectivity index (χ1n) is 5.57. The number of aromatic nitrogens is 2. The summed E-state index contributed by atoms with van der Waals surface area (Å²) in [6.07, 6.45) is -1.15. The van der Waals surface area contributed by atoms with E-state index in [1.807, 2.05) is 6.92 Å². The maximum absolute atomic E-state index is 12.7. The zero-order valence-electron chi connectivity index (χ0n) is 10.4. The highest BCUT2D eigenvalue weighted by Crippen LogP contribution is 2.33. The second-order valence-electron chi connectivity index (χ2n) is 4.18. The van der Waals surface area contributed by atoms with Crippen LogP contribution >= 0.6 is 12.2 Å². The normalized spacial score (nSPS) is 11.4. The Kier molecular flexibility index (Phi) is 3.67. The van der Waals surface area contributed by atoms with Gasteiger partial charge in [0, 0.05) is 6.20 Å². The van der Waals surface area contributed by atoms with Gasteiger partial charge < -0.3 is 11.1 Å². The van der Waals surface area contributed by atoms with Gasteiger partial charge in [-0.25, -0.2) is 4.68 Å². The van der Waals surface area contributed by atoms with E-state index in [1.165, 1.54) is 10.7 Å². The summed E-state index contributed by atoms with van der Waals surface area (Å²) >= 11 is 4.68. The van der Waals surface area contributed by atoms with Crippen LogP contribution in [-0.2, 0) is 6.18 Å². The summed E-state index contributed by atoms with van der Waals surface area (Å²) in [5.74, 6) is 0. The molecular formula is C12H11F3N4S. The van der Waals surface area contributed by atoms with Crippen LogP contribution in [-0.4, -0.2) is 14.9 Å². The van der Waals surface area contributed by atoms with Crippen molar-refractivity contribution in [2.45, 2.75) is 13.1 Å². The van der Waals surface area contributed by atoms with Crippen molar-refractivity contribution in [1.82, 2.24) is 9.78 Å². The molecule has 0 saturated heterocycles. The smallest absolute Gasteiger partial charge is 0.376 e. The second kappa shape index (κ2) is 5.12. The highest BCUT2D eigenvalue weighted by Gasteiger charge is 2.31. The average Bonchev–Trinajstić information content (AvgIpc) is 2.73. The minimum atomic E-state index is -4.44. The van der Waals surface area contributed by atoms with Gasteiger partial charge in [-0.2, -0.15) is 18.3 Å². The molecule has 106 valence electrons. The fraction of sp³-hybridized carbons (Fsp3) is 0.167. The Morgan fingerprint density at radius 1 is 1.40 bits per heavy atom. The Balaban J connectivity index is 2.53. The molecular weight excluding hydrogens is 289 g/mol. The lowest BCUT2D eigenvalue weighted by Gasteiger charge is -2.14. The lowest BCUT2D eigenvalue weighted by atomic mass is 10.1. The van der Waals surface area contributed by atoms with Gasteiger partial charge in [0.05, 0.1) is 23.1 Å². The van der Waals surface area contributed by atoms with E-state index in [0.717, 1.165) is 17.7 Å². The first-order chi connectivity index (χ1) is 9.27. The SMILES string of the molecule is Cc1cnn(-c2ccc(C(F)(F)F)cc2NC(N)=S)c1. The van der Waals surface area contributed by atoms with Gasteiger partial charge in [0.2, 0.25) is 0 Å². The summed E-state index contributed by atoms with van der Waals surface area (Å²) in [6, 6.07) is 3.25. The number of nitrogens with zero attached hydrogens (tertiary/aromatic N) is 2. The van der Waals surface area contributed by atoms with Crippen LogP contribution in [0.5, 0.6) is 0 Å². The second-order valence-corrected chi connectivity index (χ2v) is 4.62. The molecule has 0 amide bonds. The molecule has 2 rings (SSSR count). The molecule has 0 spiro atoms. The van der Waals surface area contributed by atoms with Crippen LogP contribution < -0.4 is 11.1 Å². The molecule has 2 aromatic rings. The number of thiocarbonyl (C=S) groups is 1. The molecule has 1 heterocycles. The average molecular weight is 300 g/mol. The minimum Gasteiger partial charge on any atom is -0.376 e. The molecule has 1 aromatic carbocycles. The monoisotopic (exact) mass is 300 g/mol. The summed E-state index contributed by atoms with van der Waals surface area (Å²) < 4.78 is 39.6. The molecule has 0 aliphatic heterocycles. The minimum absolute atomic E-state index is 0.116. The molecule has 4 nitrogen and oxygen atoms in total. The number of anilines is 1. The molecule has 0 atom stereocenters. The zero-order chi connectivity index (χ0) is 14.9. The number of hydrogen-bond acceptors (Lipinski definition) is 2. The number of nitrogens with one attached hydrogen (secondary N) is 1. The van der Waals surface area contributed by atoms with E-state index in [1.54, 1.807) is 12.4 Å². The number of hydrogen-bond donors (Lipinski definition) is 2. The lowest BCUT2D eigenvalue weighted by molar-refractivity contribution is -0.137. The van der Waals surface area contributed by atoms with E-state index >= 15 is 0 Å². The topological polar surface area (TPSA) is 55.9 Å². The van der Waals surface area contributed by atoms with Gasteiger partial charge in [-0.1, -0.05) is 0 Å². The van der Waals surface area contributed by atoms with E-state index in [0.29, 0.717) is 5.69 Å². The van der Waals surface area contributed by atoms with Gasteiger partial charge in [-0.3, -0.25) is 0 Å². The maximum atomic E-state index is 12.7. The van der Waals surface area contributed by atoms with Crippen molar-refractivity contribution in [2.75, 3.05) is 5.32 Å². The van der Waals surface area contributed by atoms with E-state index in [2.05, 4.69) is 22.6 Å². The van der Waals surface area contributed by atoms with E-state index in [4.69, 9.17) is 5.73 Å². The van der Waals surface area contributed by atoms with Crippen LogP contribution in [0.1, 0.15) is 11.1 Å². The summed E-state index contributed by atoms with van der Waals surface area (Å²) in [4.78, 5) is 0. The molecule has 0 radical (unpaired) electrons. The van der Waals surface area contributed by atoms with Crippen molar-refractivity contribution in [3.63, 3.8) is 0 Å². The Bertz CT molecular complexity index is 648. The van der Waals surface area contributed by atoms with Crippen molar-refractivity contribution in [1.29, 1.82) is 0 Å². The third-order valence-electron chi connectivity index (χ3n) is 2.54. The number of halogens is 3. The van der Waals surface area contributed by atoms with Crippen molar-refractivity contribution in [2.24, 2.45) is 5.73 Å². The van der Waals surface area contributed by atoms with E-state index < -0.39 is 11.7 Å². The van der Waals surface area contributed by atoms with Gasteiger partial charge in [0.15, 0.2) is 5.11 Å². The van der Waals surface area contributed by atoms with Gasteiger partial charge in [-0.15, -0.1) is 0 Å². The number of rotatable bonds is 2. The number of aryl methyl sites for hydroxylation is 1. The lowest BCUT2D eigenvalue weighted by Crippen LogP contribution is -2.21. The quantitative estimate of drug-likeness (QED) is 0.837. The molecule has 0 saturated carbocycles. The molecule has 0 aliphatic carbocycles. The van der Waals surface area contributed by atoms with Crippen molar-refractivity contribution < 1.29 is 13.2 Å². The number of alkyl halides is 3. The van der Waals surface area contributed by atoms with Crippen molar-refractivity contribution in [3.8, 4) is 5.69 Å². The van der Waals surface area contributed by atoms with Crippen LogP contribution in [0.25, 0.3) is 5.69 Å². The fourth-order valence-corrected chi connectivity index (χ4v) is 1.80. The Morgan fingerprint density at radius 3 is 2.60 bits per heavy atom. The number of benzene rings is 1. The van der Waals surface area contributed by atoms with Crippen LogP contribution in [0.4, 0.5) is 18.9 Å². The first kappa shape index (κ1) is 14.3. The highest BCUT2D eigenvalue weighted by molar-refractivity contribution is 7.80. The van der Waals surface area contributed by atoms with Crippen LogP contribution in [0.15, 0.2) is 30.6 Å². The van der Waals surface area contributed by atoms with Crippen LogP contribution in [0.2, 0.25) is 0 Å². The predicted octanol–water partition coefficient (Wildman–Crippen LogP) is 2.86.